The van der Waals surface area contributed by atoms with Crippen LogP contribution in [0.3, 0.4) is 0 Å². The Labute approximate surface area is 140 Å². The van der Waals surface area contributed by atoms with Crippen molar-refractivity contribution in [3.05, 3.63) is 40.4 Å². The highest BCUT2D eigenvalue weighted by atomic mass is 35.5. The Bertz CT molecular complexity index is 595. The van der Waals surface area contributed by atoms with E-state index in [4.69, 9.17) is 21.4 Å². The van der Waals surface area contributed by atoms with Gasteiger partial charge in [-0.25, -0.2) is 9.59 Å². The van der Waals surface area contributed by atoms with Gasteiger partial charge >= 0.3 is 11.9 Å². The molecule has 0 aliphatic carbocycles. The minimum atomic E-state index is -1.09. The van der Waals surface area contributed by atoms with Crippen molar-refractivity contribution in [3.63, 3.8) is 0 Å². The SMILES string of the molecule is C=C(C)C(=O)OCCCCCCc1c(C(=O)O)ccc([O-])c1Cl. The van der Waals surface area contributed by atoms with Crippen LogP contribution in [0, 0.1) is 0 Å². The van der Waals surface area contributed by atoms with E-state index >= 15 is 0 Å². The molecule has 0 saturated carbocycles. The van der Waals surface area contributed by atoms with E-state index in [9.17, 15) is 14.7 Å². The Morgan fingerprint density at radius 3 is 2.52 bits per heavy atom. The second-order valence-corrected chi connectivity index (χ2v) is 5.67. The van der Waals surface area contributed by atoms with Crippen molar-refractivity contribution in [2.24, 2.45) is 0 Å². The van der Waals surface area contributed by atoms with Gasteiger partial charge in [-0.3, -0.25) is 0 Å². The maximum Gasteiger partial charge on any atom is 0.336 e. The van der Waals surface area contributed by atoms with Crippen LogP contribution in [0.5, 0.6) is 5.75 Å². The van der Waals surface area contributed by atoms with Crippen molar-refractivity contribution in [2.75, 3.05) is 6.61 Å². The fourth-order valence-corrected chi connectivity index (χ4v) is 2.35. The van der Waals surface area contributed by atoms with E-state index in [1.807, 2.05) is 0 Å². The third-order valence-corrected chi connectivity index (χ3v) is 3.76. The average Bonchev–Trinajstić information content (AvgIpc) is 2.49. The zero-order valence-electron chi connectivity index (χ0n) is 13.1. The maximum absolute atomic E-state index is 11.5. The van der Waals surface area contributed by atoms with Crippen molar-refractivity contribution in [2.45, 2.75) is 39.0 Å². The molecular weight excluding hydrogens is 320 g/mol. The number of hydrogen-bond donors (Lipinski definition) is 1. The number of benzene rings is 1. The molecule has 1 N–H and O–H groups in total. The lowest BCUT2D eigenvalue weighted by atomic mass is 10.0. The van der Waals surface area contributed by atoms with Gasteiger partial charge < -0.3 is 14.9 Å². The molecular formula is C17H20ClO5-. The van der Waals surface area contributed by atoms with Gasteiger partial charge in [0.2, 0.25) is 0 Å². The quantitative estimate of drug-likeness (QED) is 0.423. The fraction of sp³-hybridized carbons (Fsp3) is 0.412. The number of halogens is 1. The number of unbranched alkanes of at least 4 members (excludes halogenated alkanes) is 3. The molecule has 0 aliphatic rings. The summed E-state index contributed by atoms with van der Waals surface area (Å²) in [6.07, 6.45) is 3.52. The maximum atomic E-state index is 11.5. The second kappa shape index (κ2) is 9.20. The molecule has 0 spiro atoms. The first kappa shape index (κ1) is 19.0. The first-order valence-electron chi connectivity index (χ1n) is 7.39. The lowest BCUT2D eigenvalue weighted by Crippen LogP contribution is -2.06. The van der Waals surface area contributed by atoms with Crippen LogP contribution in [0.15, 0.2) is 24.3 Å². The van der Waals surface area contributed by atoms with Crippen molar-refractivity contribution in [1.82, 2.24) is 0 Å². The van der Waals surface area contributed by atoms with Gasteiger partial charge in [-0.2, -0.15) is 0 Å². The van der Waals surface area contributed by atoms with Gasteiger partial charge in [0.15, 0.2) is 0 Å². The molecule has 0 saturated heterocycles. The van der Waals surface area contributed by atoms with Gasteiger partial charge in [-0.15, -0.1) is 0 Å². The van der Waals surface area contributed by atoms with Crippen LogP contribution in [-0.4, -0.2) is 23.7 Å². The molecule has 0 heterocycles. The highest BCUT2D eigenvalue weighted by molar-refractivity contribution is 6.33. The minimum Gasteiger partial charge on any atom is -0.871 e. The van der Waals surface area contributed by atoms with E-state index in [1.165, 1.54) is 12.1 Å². The largest absolute Gasteiger partial charge is 0.871 e. The number of rotatable bonds is 9. The van der Waals surface area contributed by atoms with Gasteiger partial charge in [-0.05, 0) is 37.8 Å². The summed E-state index contributed by atoms with van der Waals surface area (Å²) >= 11 is 5.93. The van der Waals surface area contributed by atoms with E-state index in [0.29, 0.717) is 30.6 Å². The zero-order valence-corrected chi connectivity index (χ0v) is 13.8. The molecule has 0 atom stereocenters. The van der Waals surface area contributed by atoms with Gasteiger partial charge in [-0.1, -0.05) is 42.8 Å². The van der Waals surface area contributed by atoms with E-state index in [1.54, 1.807) is 6.92 Å². The molecule has 23 heavy (non-hydrogen) atoms. The molecule has 1 aromatic carbocycles. The lowest BCUT2D eigenvalue weighted by molar-refractivity contribution is -0.268. The van der Waals surface area contributed by atoms with E-state index in [-0.39, 0.29) is 16.3 Å². The summed E-state index contributed by atoms with van der Waals surface area (Å²) < 4.78 is 4.98. The molecule has 0 unspecified atom stereocenters. The number of carboxylic acids is 1. The third-order valence-electron chi connectivity index (χ3n) is 3.34. The number of carbonyl (C=O) groups is 2. The third kappa shape index (κ3) is 5.94. The number of carbonyl (C=O) groups excluding carboxylic acids is 1. The van der Waals surface area contributed by atoms with Crippen molar-refractivity contribution < 1.29 is 24.5 Å². The monoisotopic (exact) mass is 339 g/mol. The molecule has 1 aromatic rings. The summed E-state index contributed by atoms with van der Waals surface area (Å²) in [4.78, 5) is 22.3. The molecule has 0 amide bonds. The Balaban J connectivity index is 2.39. The van der Waals surface area contributed by atoms with Crippen molar-refractivity contribution >= 4 is 23.5 Å². The van der Waals surface area contributed by atoms with Crippen LogP contribution in [0.1, 0.15) is 48.5 Å². The minimum absolute atomic E-state index is 0.0136. The number of carboxylic acid groups (broad SMARTS) is 1. The van der Waals surface area contributed by atoms with Gasteiger partial charge in [0.1, 0.15) is 0 Å². The first-order chi connectivity index (χ1) is 10.8. The average molecular weight is 340 g/mol. The summed E-state index contributed by atoms with van der Waals surface area (Å²) in [5.74, 6) is -1.85. The summed E-state index contributed by atoms with van der Waals surface area (Å²) in [6.45, 7) is 5.42. The molecule has 0 fully saturated rings. The molecule has 0 aromatic heterocycles. The predicted octanol–water partition coefficient (Wildman–Crippen LogP) is 3.33. The van der Waals surface area contributed by atoms with E-state index < -0.39 is 11.9 Å². The number of ether oxygens (including phenoxy) is 1. The smallest absolute Gasteiger partial charge is 0.336 e. The topological polar surface area (TPSA) is 86.7 Å². The molecule has 5 nitrogen and oxygen atoms in total. The van der Waals surface area contributed by atoms with E-state index in [0.717, 1.165) is 19.3 Å². The van der Waals surface area contributed by atoms with Crippen LogP contribution in [0.2, 0.25) is 5.02 Å². The highest BCUT2D eigenvalue weighted by Gasteiger charge is 2.13. The summed E-state index contributed by atoms with van der Waals surface area (Å²) in [7, 11) is 0. The summed E-state index contributed by atoms with van der Waals surface area (Å²) in [5.41, 5.74) is 0.837. The fourth-order valence-electron chi connectivity index (χ4n) is 2.09. The van der Waals surface area contributed by atoms with Crippen LogP contribution in [-0.2, 0) is 16.0 Å². The van der Waals surface area contributed by atoms with Crippen LogP contribution in [0.4, 0.5) is 0 Å². The Morgan fingerprint density at radius 2 is 1.91 bits per heavy atom. The molecule has 0 radical (unpaired) electrons. The van der Waals surface area contributed by atoms with Crippen molar-refractivity contribution in [1.29, 1.82) is 0 Å². The Morgan fingerprint density at radius 1 is 1.26 bits per heavy atom. The van der Waals surface area contributed by atoms with Crippen molar-refractivity contribution in [3.8, 4) is 5.75 Å². The summed E-state index contributed by atoms with van der Waals surface area (Å²) in [5, 5.41) is 20.6. The van der Waals surface area contributed by atoms with Gasteiger partial charge in [0.25, 0.3) is 0 Å². The highest BCUT2D eigenvalue weighted by Crippen LogP contribution is 2.29. The number of aromatic carboxylic acids is 1. The zero-order chi connectivity index (χ0) is 17.4. The second-order valence-electron chi connectivity index (χ2n) is 5.29. The molecule has 6 heteroatoms. The van der Waals surface area contributed by atoms with Crippen LogP contribution < -0.4 is 5.11 Å². The molecule has 126 valence electrons. The predicted molar refractivity (Wildman–Crippen MR) is 85.8 cm³/mol. The van der Waals surface area contributed by atoms with Crippen LogP contribution >= 0.6 is 11.6 Å². The van der Waals surface area contributed by atoms with Gasteiger partial charge in [0, 0.05) is 10.6 Å². The van der Waals surface area contributed by atoms with Gasteiger partial charge in [0.05, 0.1) is 12.2 Å². The normalized spacial score (nSPS) is 10.3. The first-order valence-corrected chi connectivity index (χ1v) is 7.76. The van der Waals surface area contributed by atoms with E-state index in [2.05, 4.69) is 6.58 Å². The van der Waals surface area contributed by atoms with Crippen LogP contribution in [0.25, 0.3) is 0 Å². The summed E-state index contributed by atoms with van der Waals surface area (Å²) in [6, 6.07) is 2.47. The molecule has 1 rings (SSSR count). The number of hydrogen-bond acceptors (Lipinski definition) is 4. The Kier molecular flexibility index (Phi) is 7.62. The number of esters is 1. The standard InChI is InChI=1S/C17H21ClO5/c1-11(2)17(22)23-10-6-4-3-5-7-12-13(16(20)21)8-9-14(19)15(12)18/h8-9,19H,1,3-7,10H2,2H3,(H,20,21)/p-1. The Hall–Kier alpha value is -2.01. The lowest BCUT2D eigenvalue weighted by Gasteiger charge is -2.15. The molecule has 0 bridgehead atoms. The molecule has 0 aliphatic heterocycles.